The number of carbonyl (C=O) groups excluding carboxylic acids is 12. The van der Waals surface area contributed by atoms with Crippen LogP contribution in [0.25, 0.3) is 0 Å². The van der Waals surface area contributed by atoms with E-state index < -0.39 is 218 Å². The van der Waals surface area contributed by atoms with Crippen LogP contribution in [0.5, 0.6) is 5.75 Å². The van der Waals surface area contributed by atoms with Gasteiger partial charge in [0.05, 0.1) is 38.6 Å². The van der Waals surface area contributed by atoms with Crippen molar-refractivity contribution >= 4 is 94.8 Å². The maximum Gasteiger partial charge on any atom is 0.325 e. The number of aliphatic hydroxyl groups is 1. The Labute approximate surface area is 509 Å². The molecule has 1 fully saturated rings. The van der Waals surface area contributed by atoms with Crippen molar-refractivity contribution in [3.63, 3.8) is 0 Å². The number of nitrogens with zero attached hydrogens (tertiary/aromatic N) is 1. The van der Waals surface area contributed by atoms with Crippen LogP contribution >= 0.6 is 0 Å². The molecular weight excluding hydrogens is 1180 g/mol. The number of rotatable bonds is 37. The molecule has 494 valence electrons. The number of likely N-dealkylation sites (tertiary alicyclic amines) is 1. The monoisotopic (exact) mass is 1260 g/mol. The molecule has 12 amide bonds. The normalized spacial score (nSPS) is 16.4. The van der Waals surface area contributed by atoms with Gasteiger partial charge in [-0.1, -0.05) is 46.2 Å². The summed E-state index contributed by atoms with van der Waals surface area (Å²) in [5, 5.41) is 81.8. The van der Waals surface area contributed by atoms with E-state index in [1.54, 1.807) is 27.7 Å². The number of aromatic hydroxyl groups is 1. The highest BCUT2D eigenvalue weighted by molar-refractivity contribution is 6.00. The van der Waals surface area contributed by atoms with Crippen molar-refractivity contribution in [2.24, 2.45) is 17.6 Å². The van der Waals surface area contributed by atoms with E-state index in [1.807, 2.05) is 0 Å². The molecule has 0 saturated carbocycles. The fourth-order valence-corrected chi connectivity index (χ4v) is 8.51. The predicted molar refractivity (Wildman–Crippen MR) is 305 cm³/mol. The van der Waals surface area contributed by atoms with Crippen LogP contribution < -0.4 is 64.2 Å². The van der Waals surface area contributed by atoms with Crippen LogP contribution in [0.2, 0.25) is 0 Å². The first-order valence-electron chi connectivity index (χ1n) is 28.2. The van der Waals surface area contributed by atoms with Crippen LogP contribution in [0, 0.1) is 11.8 Å². The van der Waals surface area contributed by atoms with Gasteiger partial charge in [0, 0.05) is 19.4 Å². The Morgan fingerprint density at radius 2 is 1.07 bits per heavy atom. The zero-order valence-corrected chi connectivity index (χ0v) is 50.0. The van der Waals surface area contributed by atoms with Crippen molar-refractivity contribution in [1.29, 1.82) is 0 Å². The molecule has 35 nitrogen and oxygen atoms in total. The van der Waals surface area contributed by atoms with Crippen LogP contribution in [0.3, 0.4) is 0 Å². The number of carboxylic acid groups (broad SMARTS) is 4. The predicted octanol–water partition coefficient (Wildman–Crippen LogP) is -6.50. The third-order valence-corrected chi connectivity index (χ3v) is 13.8. The Morgan fingerprint density at radius 3 is 1.61 bits per heavy atom. The summed E-state index contributed by atoms with van der Waals surface area (Å²) >= 11 is 0. The molecule has 1 aliphatic heterocycles. The van der Waals surface area contributed by atoms with Crippen LogP contribution in [0.4, 0.5) is 0 Å². The van der Waals surface area contributed by atoms with Crippen LogP contribution in [-0.4, -0.2) is 223 Å². The highest BCUT2D eigenvalue weighted by Crippen LogP contribution is 2.20. The molecule has 2 rings (SSSR count). The number of nitrogens with two attached hydrogens (primary N) is 1. The number of carboxylic acids is 4. The topological polar surface area (TPSA) is 556 Å². The van der Waals surface area contributed by atoms with Crippen molar-refractivity contribution in [2.75, 3.05) is 26.2 Å². The molecule has 0 unspecified atom stereocenters. The SMILES string of the molecule is CC[C@H](C)[C@H](NC(=O)CNC(=O)[C@@H](NC(=O)CNC(=O)[C@H](CO)NC(=O)[C@@H](N)CC(=O)O)C(C)C)C(=O)N[C@@H](Cc1ccc(O)cc1)C(=O)N[C@@H](C)C(=O)N1CCC[C@H]1C(=O)N[C@@H](CC(=O)O)C(=O)N[C@@H](C)C(=O)N[C@@H](CCC(=O)O)C(=O)N[C@@H](C)C(=O)O. The van der Waals surface area contributed by atoms with Gasteiger partial charge in [-0.2, -0.15) is 0 Å². The van der Waals surface area contributed by atoms with Crippen molar-refractivity contribution in [3.05, 3.63) is 29.8 Å². The molecule has 35 heteroatoms. The van der Waals surface area contributed by atoms with Gasteiger partial charge < -0.3 is 99.8 Å². The highest BCUT2D eigenvalue weighted by atomic mass is 16.4. The quantitative estimate of drug-likeness (QED) is 0.0295. The zero-order valence-electron chi connectivity index (χ0n) is 50.0. The van der Waals surface area contributed by atoms with Crippen molar-refractivity contribution in [3.8, 4) is 5.75 Å². The smallest absolute Gasteiger partial charge is 0.325 e. The van der Waals surface area contributed by atoms with E-state index in [1.165, 1.54) is 31.2 Å². The molecule has 19 N–H and O–H groups in total. The largest absolute Gasteiger partial charge is 0.508 e. The third-order valence-electron chi connectivity index (χ3n) is 13.8. The third kappa shape index (κ3) is 25.8. The molecule has 0 spiro atoms. The molecule has 0 bridgehead atoms. The van der Waals surface area contributed by atoms with Crippen molar-refractivity contribution in [1.82, 2.24) is 63.4 Å². The number of phenolic OH excluding ortho intramolecular Hbond substituents is 1. The summed E-state index contributed by atoms with van der Waals surface area (Å²) in [6.45, 7) is 7.38. The first-order chi connectivity index (χ1) is 41.6. The fourth-order valence-electron chi connectivity index (χ4n) is 8.51. The zero-order chi connectivity index (χ0) is 67.6. The van der Waals surface area contributed by atoms with Gasteiger partial charge in [0.2, 0.25) is 70.9 Å². The molecule has 1 aromatic carbocycles. The summed E-state index contributed by atoms with van der Waals surface area (Å²) in [7, 11) is 0. The maximum atomic E-state index is 14.2. The number of aliphatic carboxylic acids is 4. The maximum absolute atomic E-state index is 14.2. The second-order valence-electron chi connectivity index (χ2n) is 21.4. The minimum absolute atomic E-state index is 0.00409. The summed E-state index contributed by atoms with van der Waals surface area (Å²) in [5.41, 5.74) is 5.89. The van der Waals surface area contributed by atoms with Gasteiger partial charge in [-0.3, -0.25) is 76.7 Å². The van der Waals surface area contributed by atoms with Gasteiger partial charge in [0.1, 0.15) is 66.2 Å². The molecule has 1 aliphatic rings. The van der Waals surface area contributed by atoms with Gasteiger partial charge in [0.25, 0.3) is 0 Å². The summed E-state index contributed by atoms with van der Waals surface area (Å²) in [5.74, 6) is -18.9. The van der Waals surface area contributed by atoms with E-state index in [0.717, 1.165) is 18.7 Å². The molecular formula is C54H81N13O22. The van der Waals surface area contributed by atoms with Gasteiger partial charge in [-0.05, 0) is 69.6 Å². The highest BCUT2D eigenvalue weighted by Gasteiger charge is 2.40. The first-order valence-corrected chi connectivity index (χ1v) is 28.2. The number of aliphatic hydroxyl groups excluding tert-OH is 1. The number of phenols is 1. The van der Waals surface area contributed by atoms with E-state index in [2.05, 4.69) is 58.5 Å². The minimum atomic E-state index is -1.87. The van der Waals surface area contributed by atoms with Gasteiger partial charge in [-0.25, -0.2) is 0 Å². The lowest BCUT2D eigenvalue weighted by molar-refractivity contribution is -0.144. The lowest BCUT2D eigenvalue weighted by atomic mass is 9.97. The number of nitrogens with one attached hydrogen (secondary N) is 11. The number of carbonyl (C=O) groups is 16. The molecule has 1 aromatic rings. The first kappa shape index (κ1) is 75.6. The van der Waals surface area contributed by atoms with E-state index in [-0.39, 0.29) is 38.0 Å². The Kier molecular flexibility index (Phi) is 31.0. The molecule has 0 aromatic heterocycles. The molecule has 0 aliphatic carbocycles. The molecule has 89 heavy (non-hydrogen) atoms. The number of amides is 12. The van der Waals surface area contributed by atoms with E-state index in [0.29, 0.717) is 5.56 Å². The Morgan fingerprint density at radius 1 is 0.551 bits per heavy atom. The summed E-state index contributed by atoms with van der Waals surface area (Å²) < 4.78 is 0. The summed E-state index contributed by atoms with van der Waals surface area (Å²) in [4.78, 5) is 206. The molecule has 12 atom stereocenters. The lowest BCUT2D eigenvalue weighted by Crippen LogP contribution is -2.60. The Bertz CT molecular complexity index is 2770. The average molecular weight is 1260 g/mol. The van der Waals surface area contributed by atoms with Crippen LogP contribution in [0.15, 0.2) is 24.3 Å². The second-order valence-corrected chi connectivity index (χ2v) is 21.4. The van der Waals surface area contributed by atoms with Crippen molar-refractivity contribution in [2.45, 2.75) is 166 Å². The van der Waals surface area contributed by atoms with E-state index in [4.69, 9.17) is 15.9 Å². The number of hydrogen-bond acceptors (Lipinski definition) is 19. The Balaban J connectivity index is 2.22. The Hall–Kier alpha value is -9.54. The van der Waals surface area contributed by atoms with Gasteiger partial charge in [-0.15, -0.1) is 0 Å². The molecule has 1 heterocycles. The average Bonchev–Trinajstić information content (AvgIpc) is 3.95. The van der Waals surface area contributed by atoms with Gasteiger partial charge >= 0.3 is 23.9 Å². The second kappa shape index (κ2) is 36.6. The number of hydrogen-bond donors (Lipinski definition) is 18. The summed E-state index contributed by atoms with van der Waals surface area (Å²) in [6, 6.07) is -11.0. The summed E-state index contributed by atoms with van der Waals surface area (Å²) in [6.07, 6.45) is -2.70. The van der Waals surface area contributed by atoms with Crippen molar-refractivity contribution < 1.29 is 107 Å². The van der Waals surface area contributed by atoms with Crippen LogP contribution in [-0.2, 0) is 83.1 Å². The van der Waals surface area contributed by atoms with Crippen LogP contribution in [0.1, 0.15) is 99.0 Å². The number of benzene rings is 1. The molecule has 0 radical (unpaired) electrons. The van der Waals surface area contributed by atoms with Gasteiger partial charge in [0.15, 0.2) is 0 Å². The standard InChI is InChI=1S/C54H81N13O22/c1-8-25(4)43(66-38(71)22-57-51(85)42(24(2)3)65-37(70)21-56-46(80)35(23-68)64-45(79)31(55)19-40(74)75)52(86)63-33(18-29-11-13-30(69)14-12-29)48(82)59-27(6)53(87)67-17-9-10-36(67)50(84)62-34(20-41(76)77)49(83)58-26(5)44(78)61-32(15-16-39(72)73)47(81)60-28(7)54(88)89/h11-14,24-28,31-36,42-43,68-69H,8-10,15-23,55H2,1-7H3,(H,56,80)(H,57,85)(H,58,83)(H,59,82)(H,60,81)(H,61,78)(H,62,84)(H,63,86)(H,64,79)(H,65,70)(H,66,71)(H,72,73)(H,74,75)(H,76,77)(H,88,89)/t25-,26-,27-,28-,31-,32-,33-,34-,35-,36-,42-,43-/m0/s1. The molecule has 1 saturated heterocycles. The minimum Gasteiger partial charge on any atom is -0.508 e. The van der Waals surface area contributed by atoms with E-state index in [9.17, 15) is 97.1 Å². The fraction of sp³-hybridized carbons (Fsp3) is 0.593. The van der Waals surface area contributed by atoms with E-state index >= 15 is 0 Å². The lowest BCUT2D eigenvalue weighted by Gasteiger charge is -2.30.